The Morgan fingerprint density at radius 2 is 1.61 bits per heavy atom. The third-order valence-electron chi connectivity index (χ3n) is 8.03. The molecule has 1 amide bonds. The summed E-state index contributed by atoms with van der Waals surface area (Å²) >= 11 is 0. The zero-order chi connectivity index (χ0) is 32.2. The number of piperazine rings is 1. The van der Waals surface area contributed by atoms with Crippen LogP contribution in [0.2, 0.25) is 0 Å². The molecule has 0 radical (unpaired) electrons. The summed E-state index contributed by atoms with van der Waals surface area (Å²) in [6.07, 6.45) is 0. The van der Waals surface area contributed by atoms with Gasteiger partial charge in [0.1, 0.15) is 11.6 Å². The van der Waals surface area contributed by atoms with E-state index in [4.69, 9.17) is 0 Å². The Balaban J connectivity index is 1.78. The van der Waals surface area contributed by atoms with Crippen LogP contribution in [0.15, 0.2) is 72.8 Å². The van der Waals surface area contributed by atoms with Gasteiger partial charge in [0.15, 0.2) is 0 Å². The molecule has 4 rings (SSSR count). The number of benzene rings is 3. The van der Waals surface area contributed by atoms with Crippen molar-refractivity contribution in [3.63, 3.8) is 0 Å². The average molecular weight is 636 g/mol. The number of nitrogens with zero attached hydrogens (tertiary/aromatic N) is 3. The van der Waals surface area contributed by atoms with Gasteiger partial charge in [-0.05, 0) is 63.1 Å². The van der Waals surface area contributed by atoms with E-state index < -0.39 is 27.4 Å². The number of halogens is 4. The maximum Gasteiger partial charge on any atom is 0.534 e. The lowest BCUT2D eigenvalue weighted by Crippen LogP contribution is -2.57. The fourth-order valence-electron chi connectivity index (χ4n) is 5.72. The van der Waals surface area contributed by atoms with E-state index in [-0.39, 0.29) is 23.8 Å². The van der Waals surface area contributed by atoms with E-state index in [0.717, 1.165) is 6.07 Å². The molecule has 1 fully saturated rings. The highest BCUT2D eigenvalue weighted by Gasteiger charge is 2.48. The molecule has 1 heterocycles. The van der Waals surface area contributed by atoms with Crippen molar-refractivity contribution >= 4 is 16.0 Å². The van der Waals surface area contributed by atoms with Crippen molar-refractivity contribution in [3.05, 3.63) is 101 Å². The Bertz CT molecular complexity index is 1560. The van der Waals surface area contributed by atoms with Gasteiger partial charge >= 0.3 is 15.6 Å². The van der Waals surface area contributed by atoms with Crippen molar-refractivity contribution in [3.8, 4) is 5.75 Å². The lowest BCUT2D eigenvalue weighted by molar-refractivity contribution is -0.0500. The molecule has 3 aromatic carbocycles. The second kappa shape index (κ2) is 13.7. The van der Waals surface area contributed by atoms with Crippen molar-refractivity contribution in [2.24, 2.45) is 0 Å². The predicted octanol–water partition coefficient (Wildman–Crippen LogP) is 6.22. The minimum Gasteiger partial charge on any atom is -0.376 e. The second-order valence-corrected chi connectivity index (χ2v) is 12.5. The standard InChI is InChI=1S/C32H37F4N3O4S/c1-5-37(6-2)31(40)28-16-9-8-15-27(28)30(24-13-11-14-26(18-24)43-44(41,42)32(34,35)36)39-20-22(3)38(19-23(39)4)21-25-12-7-10-17-29(25)33/h7-18,22-23,30H,5-6,19-21H2,1-4H3/t22-,23+,30-/m1/s1. The van der Waals surface area contributed by atoms with Crippen LogP contribution in [0.4, 0.5) is 17.6 Å². The molecule has 0 spiro atoms. The van der Waals surface area contributed by atoms with Gasteiger partial charge in [-0.2, -0.15) is 21.6 Å². The van der Waals surface area contributed by atoms with Gasteiger partial charge in [0.25, 0.3) is 5.91 Å². The first kappa shape index (κ1) is 33.4. The summed E-state index contributed by atoms with van der Waals surface area (Å²) in [5.41, 5.74) is -3.50. The molecular formula is C32H37F4N3O4S. The van der Waals surface area contributed by atoms with Gasteiger partial charge in [-0.25, -0.2) is 4.39 Å². The molecule has 238 valence electrons. The summed E-state index contributed by atoms with van der Waals surface area (Å²) in [5, 5.41) is 0. The summed E-state index contributed by atoms with van der Waals surface area (Å²) < 4.78 is 82.0. The first-order valence-corrected chi connectivity index (χ1v) is 15.9. The van der Waals surface area contributed by atoms with E-state index in [2.05, 4.69) is 14.0 Å². The van der Waals surface area contributed by atoms with E-state index in [0.29, 0.717) is 55.0 Å². The minimum absolute atomic E-state index is 0.0657. The first-order chi connectivity index (χ1) is 20.8. The Labute approximate surface area is 256 Å². The van der Waals surface area contributed by atoms with Crippen LogP contribution >= 0.6 is 0 Å². The van der Waals surface area contributed by atoms with Gasteiger partial charge in [-0.3, -0.25) is 14.6 Å². The first-order valence-electron chi connectivity index (χ1n) is 14.5. The summed E-state index contributed by atoms with van der Waals surface area (Å²) in [5.74, 6) is -0.972. The molecule has 3 aromatic rings. The van der Waals surface area contributed by atoms with E-state index in [1.807, 2.05) is 33.8 Å². The van der Waals surface area contributed by atoms with Crippen molar-refractivity contribution < 1.29 is 35.0 Å². The van der Waals surface area contributed by atoms with Crippen molar-refractivity contribution in [1.82, 2.24) is 14.7 Å². The largest absolute Gasteiger partial charge is 0.534 e. The van der Waals surface area contributed by atoms with Gasteiger partial charge in [0.05, 0.1) is 6.04 Å². The number of carbonyl (C=O) groups excluding carboxylic acids is 1. The SMILES string of the molecule is CCN(CC)C(=O)c1ccccc1[C@@H](c1cccc(OS(=O)(=O)C(F)(F)F)c1)N1C[C@@H](C)N(Cc2ccccc2F)C[C@@H]1C. The number of amides is 1. The molecule has 0 bridgehead atoms. The van der Waals surface area contributed by atoms with Crippen molar-refractivity contribution in [2.45, 2.75) is 57.9 Å². The lowest BCUT2D eigenvalue weighted by Gasteiger charge is -2.48. The normalized spacial score (nSPS) is 19.0. The summed E-state index contributed by atoms with van der Waals surface area (Å²) in [7, 11) is -5.89. The van der Waals surface area contributed by atoms with Crippen molar-refractivity contribution in [2.75, 3.05) is 26.2 Å². The fourth-order valence-corrected chi connectivity index (χ4v) is 6.17. The summed E-state index contributed by atoms with van der Waals surface area (Å²) in [4.78, 5) is 19.7. The molecule has 0 N–H and O–H groups in total. The highest BCUT2D eigenvalue weighted by molar-refractivity contribution is 7.88. The Kier molecular flexibility index (Phi) is 10.4. The number of carbonyl (C=O) groups is 1. The van der Waals surface area contributed by atoms with Crippen LogP contribution in [0.5, 0.6) is 5.75 Å². The zero-order valence-electron chi connectivity index (χ0n) is 25.1. The molecule has 0 unspecified atom stereocenters. The highest BCUT2D eigenvalue weighted by Crippen LogP contribution is 2.38. The van der Waals surface area contributed by atoms with Crippen LogP contribution in [0.25, 0.3) is 0 Å². The van der Waals surface area contributed by atoms with E-state index >= 15 is 0 Å². The molecule has 1 aliphatic rings. The molecule has 3 atom stereocenters. The highest BCUT2D eigenvalue weighted by atomic mass is 32.2. The summed E-state index contributed by atoms with van der Waals surface area (Å²) in [6, 6.07) is 18.4. The predicted molar refractivity (Wildman–Crippen MR) is 160 cm³/mol. The number of rotatable bonds is 10. The maximum atomic E-state index is 14.5. The van der Waals surface area contributed by atoms with Gasteiger partial charge < -0.3 is 9.08 Å². The van der Waals surface area contributed by atoms with Gasteiger partial charge in [-0.1, -0.05) is 48.5 Å². The van der Waals surface area contributed by atoms with Crippen LogP contribution in [0.1, 0.15) is 60.8 Å². The summed E-state index contributed by atoms with van der Waals surface area (Å²) in [6.45, 7) is 10.1. The molecule has 44 heavy (non-hydrogen) atoms. The van der Waals surface area contributed by atoms with E-state index in [1.165, 1.54) is 18.2 Å². The maximum absolute atomic E-state index is 14.5. The Morgan fingerprint density at radius 3 is 2.27 bits per heavy atom. The quantitative estimate of drug-likeness (QED) is 0.150. The zero-order valence-corrected chi connectivity index (χ0v) is 25.9. The van der Waals surface area contributed by atoms with E-state index in [9.17, 15) is 30.8 Å². The second-order valence-electron chi connectivity index (χ2n) is 10.9. The molecule has 0 aromatic heterocycles. The topological polar surface area (TPSA) is 70.2 Å². The fraction of sp³-hybridized carbons (Fsp3) is 0.406. The van der Waals surface area contributed by atoms with Crippen LogP contribution in [-0.4, -0.2) is 72.8 Å². The molecule has 1 aliphatic heterocycles. The molecule has 12 heteroatoms. The van der Waals surface area contributed by atoms with Crippen LogP contribution in [0, 0.1) is 5.82 Å². The number of hydrogen-bond donors (Lipinski definition) is 0. The third-order valence-corrected chi connectivity index (χ3v) is 9.00. The van der Waals surface area contributed by atoms with Crippen LogP contribution < -0.4 is 4.18 Å². The van der Waals surface area contributed by atoms with Crippen LogP contribution in [-0.2, 0) is 16.7 Å². The molecule has 7 nitrogen and oxygen atoms in total. The number of hydrogen-bond acceptors (Lipinski definition) is 6. The monoisotopic (exact) mass is 635 g/mol. The third kappa shape index (κ3) is 7.24. The van der Waals surface area contributed by atoms with Crippen LogP contribution in [0.3, 0.4) is 0 Å². The molecule has 1 saturated heterocycles. The molecule has 0 saturated carbocycles. The Morgan fingerprint density at radius 1 is 0.955 bits per heavy atom. The smallest absolute Gasteiger partial charge is 0.376 e. The van der Waals surface area contributed by atoms with E-state index in [1.54, 1.807) is 47.4 Å². The molecular weight excluding hydrogens is 598 g/mol. The van der Waals surface area contributed by atoms with Gasteiger partial charge in [-0.15, -0.1) is 0 Å². The average Bonchev–Trinajstić information content (AvgIpc) is 2.97. The molecule has 0 aliphatic carbocycles. The van der Waals surface area contributed by atoms with Gasteiger partial charge in [0.2, 0.25) is 0 Å². The Hall–Kier alpha value is -3.48. The van der Waals surface area contributed by atoms with Crippen molar-refractivity contribution in [1.29, 1.82) is 0 Å². The lowest BCUT2D eigenvalue weighted by atomic mass is 9.90. The number of alkyl halides is 3. The minimum atomic E-state index is -5.89. The van der Waals surface area contributed by atoms with Gasteiger partial charge in [0, 0.05) is 55.9 Å².